The molecule has 0 fully saturated rings. The van der Waals surface area contributed by atoms with Gasteiger partial charge in [0.1, 0.15) is 24.2 Å². The summed E-state index contributed by atoms with van der Waals surface area (Å²) in [5.74, 6) is 1.94. The van der Waals surface area contributed by atoms with Gasteiger partial charge in [-0.25, -0.2) is 0 Å². The van der Waals surface area contributed by atoms with Crippen LogP contribution in [0.1, 0.15) is 53.3 Å². The number of carbonyl (C=O) groups is 1. The van der Waals surface area contributed by atoms with E-state index in [1.165, 1.54) is 11.1 Å². The number of halogens is 1. The van der Waals surface area contributed by atoms with Crippen molar-refractivity contribution in [3.8, 4) is 11.4 Å². The maximum absolute atomic E-state index is 12.7. The van der Waals surface area contributed by atoms with E-state index >= 15 is 0 Å². The third-order valence-electron chi connectivity index (χ3n) is 7.30. The average Bonchev–Trinajstić information content (AvgIpc) is 3.30. The van der Waals surface area contributed by atoms with Crippen molar-refractivity contribution < 1.29 is 14.3 Å². The third-order valence-corrected chi connectivity index (χ3v) is 8.83. The lowest BCUT2D eigenvalue weighted by Gasteiger charge is -2.15. The van der Waals surface area contributed by atoms with Gasteiger partial charge in [-0.05, 0) is 74.4 Å². The molecule has 2 heterocycles. The fourth-order valence-electron chi connectivity index (χ4n) is 5.33. The highest BCUT2D eigenvalue weighted by Gasteiger charge is 2.30. The Morgan fingerprint density at radius 3 is 2.48 bits per heavy atom. The molecule has 5 rings (SSSR count). The molecule has 11 heteroatoms. The van der Waals surface area contributed by atoms with E-state index in [1.54, 1.807) is 0 Å². The second-order valence-corrected chi connectivity index (χ2v) is 16.0. The molecular weight excluding hydrogens is 592 g/mol. The second kappa shape index (κ2) is 13.9. The number of aryl methyl sites for hydroxylation is 1. The van der Waals surface area contributed by atoms with Crippen molar-refractivity contribution in [3.05, 3.63) is 106 Å². The molecule has 44 heavy (non-hydrogen) atoms. The van der Waals surface area contributed by atoms with Gasteiger partial charge in [-0.15, -0.1) is 10.2 Å². The molecule has 1 atom stereocenters. The Bertz CT molecular complexity index is 1630. The number of nitrogens with one attached hydrogen (secondary N) is 2. The lowest BCUT2D eigenvalue weighted by atomic mass is 10.00. The molecule has 1 aliphatic rings. The van der Waals surface area contributed by atoms with Crippen LogP contribution in [-0.2, 0) is 17.4 Å². The van der Waals surface area contributed by atoms with Gasteiger partial charge in [0.15, 0.2) is 14.1 Å². The molecule has 0 saturated heterocycles. The number of carbonyl (C=O) groups excluding carboxylic acids is 1. The van der Waals surface area contributed by atoms with Crippen LogP contribution in [0.4, 0.5) is 0 Å². The Kier molecular flexibility index (Phi) is 9.95. The summed E-state index contributed by atoms with van der Waals surface area (Å²) in [5.41, 5.74) is 5.69. The van der Waals surface area contributed by atoms with E-state index in [2.05, 4.69) is 45.1 Å². The molecule has 230 valence electrons. The molecule has 1 unspecified atom stereocenters. The number of fused-ring (bicyclic) bond motifs is 3. The number of nitrogens with zero attached hydrogens (tertiary/aromatic N) is 4. The van der Waals surface area contributed by atoms with Crippen molar-refractivity contribution in [2.75, 3.05) is 19.7 Å². The van der Waals surface area contributed by atoms with E-state index in [0.717, 1.165) is 35.1 Å². The van der Waals surface area contributed by atoms with Crippen LogP contribution in [0.2, 0.25) is 18.1 Å². The Hall–Kier alpha value is -3.83. The number of hydrogen-bond donors (Lipinski definition) is 3. The van der Waals surface area contributed by atoms with Gasteiger partial charge in [-0.2, -0.15) is 0 Å². The summed E-state index contributed by atoms with van der Waals surface area (Å²) in [6, 6.07) is 22.1. The number of aromatic nitrogens is 3. The van der Waals surface area contributed by atoms with E-state index in [-0.39, 0.29) is 12.3 Å². The van der Waals surface area contributed by atoms with E-state index in [1.807, 2.05) is 74.0 Å². The van der Waals surface area contributed by atoms with E-state index in [4.69, 9.17) is 21.3 Å². The topological polar surface area (TPSA) is 114 Å². The minimum Gasteiger partial charge on any atom is -0.492 e. The largest absolute Gasteiger partial charge is 0.492 e. The monoisotopic (exact) mass is 630 g/mol. The SMILES string of the molecule is CCNC(=O)CC1N=C(c2ccc(Cl)cc2)c2cc(OCCNCc3ccc(C[Si](C)(C)O)cc3)ccc2-n2c(C)nnc21. The van der Waals surface area contributed by atoms with Crippen LogP contribution in [0.15, 0.2) is 71.7 Å². The zero-order valence-corrected chi connectivity index (χ0v) is 27.4. The number of aliphatic imine (C=N–C) groups is 1. The second-order valence-electron chi connectivity index (χ2n) is 11.6. The Morgan fingerprint density at radius 2 is 1.77 bits per heavy atom. The molecule has 3 aromatic carbocycles. The van der Waals surface area contributed by atoms with Crippen molar-refractivity contribution in [2.45, 2.75) is 52.0 Å². The number of hydrogen-bond acceptors (Lipinski definition) is 7. The molecule has 0 aliphatic carbocycles. The van der Waals surface area contributed by atoms with Crippen LogP contribution in [0, 0.1) is 6.92 Å². The van der Waals surface area contributed by atoms with Gasteiger partial charge in [0, 0.05) is 35.8 Å². The Labute approximate surface area is 264 Å². The molecule has 9 nitrogen and oxygen atoms in total. The zero-order chi connectivity index (χ0) is 31.3. The van der Waals surface area contributed by atoms with Crippen LogP contribution < -0.4 is 15.4 Å². The van der Waals surface area contributed by atoms with E-state index in [0.29, 0.717) is 42.1 Å². The molecular formula is C33H39ClN6O3Si. The summed E-state index contributed by atoms with van der Waals surface area (Å²) in [7, 11) is -2.12. The summed E-state index contributed by atoms with van der Waals surface area (Å²) in [4.78, 5) is 28.0. The highest BCUT2D eigenvalue weighted by Crippen LogP contribution is 2.34. The lowest BCUT2D eigenvalue weighted by molar-refractivity contribution is -0.121. The van der Waals surface area contributed by atoms with Crippen molar-refractivity contribution in [1.29, 1.82) is 0 Å². The van der Waals surface area contributed by atoms with Crippen LogP contribution in [-0.4, -0.2) is 59.2 Å². The fourth-order valence-corrected chi connectivity index (χ4v) is 6.69. The van der Waals surface area contributed by atoms with Crippen molar-refractivity contribution in [1.82, 2.24) is 25.4 Å². The van der Waals surface area contributed by atoms with Gasteiger partial charge in [-0.3, -0.25) is 14.4 Å². The minimum absolute atomic E-state index is 0.0990. The van der Waals surface area contributed by atoms with Gasteiger partial charge in [-0.1, -0.05) is 48.0 Å². The third kappa shape index (κ3) is 7.81. The Balaban J connectivity index is 1.35. The molecule has 4 aromatic rings. The first-order valence-corrected chi connectivity index (χ1v) is 18.5. The van der Waals surface area contributed by atoms with Crippen LogP contribution >= 0.6 is 11.6 Å². The van der Waals surface area contributed by atoms with Gasteiger partial charge >= 0.3 is 0 Å². The van der Waals surface area contributed by atoms with E-state index < -0.39 is 14.4 Å². The maximum atomic E-state index is 12.7. The number of rotatable bonds is 12. The molecule has 0 bridgehead atoms. The van der Waals surface area contributed by atoms with Crippen LogP contribution in [0.5, 0.6) is 5.75 Å². The van der Waals surface area contributed by atoms with Crippen molar-refractivity contribution >= 4 is 31.5 Å². The normalized spacial score (nSPS) is 14.3. The number of ether oxygens (including phenoxy) is 1. The maximum Gasteiger partial charge on any atom is 0.222 e. The van der Waals surface area contributed by atoms with Gasteiger partial charge in [0.05, 0.1) is 17.8 Å². The molecule has 0 radical (unpaired) electrons. The predicted octanol–water partition coefficient (Wildman–Crippen LogP) is 5.10. The standard InChI is InChI=1S/C33H39ClN6O3Si/c1-5-36-31(41)19-29-33-39-38-22(2)40(33)30-15-14-27(18-28(30)32(37-29)25-10-12-26(34)13-11-25)43-17-16-35-20-23-6-8-24(9-7-23)21-44(3,4)42/h6-15,18,29,35,42H,5,16-17,19-21H2,1-4H3,(H,36,41). The summed E-state index contributed by atoms with van der Waals surface area (Å²) < 4.78 is 8.16. The summed E-state index contributed by atoms with van der Waals surface area (Å²) >= 11 is 6.22. The number of amides is 1. The smallest absolute Gasteiger partial charge is 0.222 e. The van der Waals surface area contributed by atoms with Gasteiger partial charge in [0.2, 0.25) is 5.91 Å². The summed E-state index contributed by atoms with van der Waals surface area (Å²) in [6.45, 7) is 10.1. The van der Waals surface area contributed by atoms with Crippen molar-refractivity contribution in [2.24, 2.45) is 4.99 Å². The fraction of sp³-hybridized carbons (Fsp3) is 0.333. The van der Waals surface area contributed by atoms with E-state index in [9.17, 15) is 9.59 Å². The molecule has 3 N–H and O–H groups in total. The van der Waals surface area contributed by atoms with Crippen LogP contribution in [0.3, 0.4) is 0 Å². The first-order chi connectivity index (χ1) is 21.1. The molecule has 0 spiro atoms. The Morgan fingerprint density at radius 1 is 1.05 bits per heavy atom. The van der Waals surface area contributed by atoms with Crippen LogP contribution in [0.25, 0.3) is 5.69 Å². The first kappa shape index (κ1) is 31.6. The number of benzene rings is 3. The van der Waals surface area contributed by atoms with Gasteiger partial charge in [0.25, 0.3) is 0 Å². The first-order valence-electron chi connectivity index (χ1n) is 14.9. The zero-order valence-electron chi connectivity index (χ0n) is 25.6. The molecule has 0 saturated carbocycles. The molecule has 1 aliphatic heterocycles. The summed E-state index contributed by atoms with van der Waals surface area (Å²) in [5, 5.41) is 15.7. The predicted molar refractivity (Wildman–Crippen MR) is 176 cm³/mol. The molecule has 1 aromatic heterocycles. The molecule has 1 amide bonds. The quantitative estimate of drug-likeness (QED) is 0.148. The average molecular weight is 631 g/mol. The van der Waals surface area contributed by atoms with Gasteiger partial charge < -0.3 is 20.2 Å². The minimum atomic E-state index is -2.12. The lowest BCUT2D eigenvalue weighted by Crippen LogP contribution is -2.28. The summed E-state index contributed by atoms with van der Waals surface area (Å²) in [6.07, 6.45) is 0.149. The highest BCUT2D eigenvalue weighted by molar-refractivity contribution is 6.69. The highest BCUT2D eigenvalue weighted by atomic mass is 35.5. The van der Waals surface area contributed by atoms with Crippen molar-refractivity contribution in [3.63, 3.8) is 0 Å².